The molecule has 4 nitrogen and oxygen atoms in total. The second-order valence-corrected chi connectivity index (χ2v) is 6.77. The smallest absolute Gasteiger partial charge is 0.408 e. The van der Waals surface area contributed by atoms with Gasteiger partial charge in [0.25, 0.3) is 0 Å². The molecule has 18 heavy (non-hydrogen) atoms. The molecule has 0 fully saturated rings. The molecule has 0 aliphatic heterocycles. The van der Waals surface area contributed by atoms with E-state index in [0.29, 0.717) is 0 Å². The van der Waals surface area contributed by atoms with Gasteiger partial charge < -0.3 is 15.4 Å². The fraction of sp³-hybridized carbons (Fsp3) is 0.929. The molecule has 0 bridgehead atoms. The fourth-order valence-electron chi connectivity index (χ4n) is 1.11. The van der Waals surface area contributed by atoms with Crippen molar-refractivity contribution >= 4 is 6.09 Å². The number of carbonyl (C=O) groups is 1. The number of ether oxygens (including phenoxy) is 1. The van der Waals surface area contributed by atoms with E-state index in [1.165, 1.54) is 0 Å². The second kappa shape index (κ2) is 5.47. The molecule has 0 saturated heterocycles. The van der Waals surface area contributed by atoms with Crippen LogP contribution >= 0.6 is 0 Å². The summed E-state index contributed by atoms with van der Waals surface area (Å²) in [6, 6.07) is 0. The van der Waals surface area contributed by atoms with E-state index in [0.717, 1.165) is 0 Å². The minimum atomic E-state index is -0.468. The SMILES string of the molecule is CNC(C)(C)C(C)(C)NC(=O)OC(C)(C)C(C)C. The minimum absolute atomic E-state index is 0.228. The quantitative estimate of drug-likeness (QED) is 0.797. The van der Waals surface area contributed by atoms with E-state index in [-0.39, 0.29) is 17.6 Å². The molecule has 0 aliphatic rings. The highest BCUT2D eigenvalue weighted by molar-refractivity contribution is 5.69. The molecule has 108 valence electrons. The molecule has 0 heterocycles. The Morgan fingerprint density at radius 3 is 1.78 bits per heavy atom. The highest BCUT2D eigenvalue weighted by atomic mass is 16.6. The van der Waals surface area contributed by atoms with Gasteiger partial charge in [-0.2, -0.15) is 0 Å². The van der Waals surface area contributed by atoms with Crippen LogP contribution < -0.4 is 10.6 Å². The number of hydrogen-bond acceptors (Lipinski definition) is 3. The molecule has 2 N–H and O–H groups in total. The van der Waals surface area contributed by atoms with E-state index >= 15 is 0 Å². The summed E-state index contributed by atoms with van der Waals surface area (Å²) < 4.78 is 5.50. The summed E-state index contributed by atoms with van der Waals surface area (Å²) in [5.41, 5.74) is -1.11. The zero-order chi connectivity index (χ0) is 14.8. The van der Waals surface area contributed by atoms with Crippen LogP contribution in [0.2, 0.25) is 0 Å². The maximum Gasteiger partial charge on any atom is 0.408 e. The van der Waals surface area contributed by atoms with Crippen molar-refractivity contribution in [1.82, 2.24) is 10.6 Å². The summed E-state index contributed by atoms with van der Waals surface area (Å²) in [6.07, 6.45) is -0.373. The van der Waals surface area contributed by atoms with Crippen molar-refractivity contribution in [3.63, 3.8) is 0 Å². The number of hydrogen-bond donors (Lipinski definition) is 2. The van der Waals surface area contributed by atoms with Gasteiger partial charge in [0.2, 0.25) is 0 Å². The number of likely N-dealkylation sites (N-methyl/N-ethyl adjacent to an activating group) is 1. The Morgan fingerprint density at radius 2 is 1.44 bits per heavy atom. The van der Waals surface area contributed by atoms with Crippen LogP contribution in [0.25, 0.3) is 0 Å². The fourth-order valence-corrected chi connectivity index (χ4v) is 1.11. The van der Waals surface area contributed by atoms with Crippen molar-refractivity contribution in [2.24, 2.45) is 5.92 Å². The van der Waals surface area contributed by atoms with Crippen molar-refractivity contribution in [3.05, 3.63) is 0 Å². The van der Waals surface area contributed by atoms with Crippen LogP contribution in [-0.4, -0.2) is 29.8 Å². The highest BCUT2D eigenvalue weighted by Crippen LogP contribution is 2.23. The molecule has 0 atom stereocenters. The van der Waals surface area contributed by atoms with E-state index in [2.05, 4.69) is 10.6 Å². The zero-order valence-electron chi connectivity index (χ0n) is 13.4. The Kier molecular flexibility index (Phi) is 5.24. The predicted molar refractivity (Wildman–Crippen MR) is 75.8 cm³/mol. The Bertz CT molecular complexity index is 294. The first-order valence-electron chi connectivity index (χ1n) is 6.56. The van der Waals surface area contributed by atoms with Crippen LogP contribution in [0.15, 0.2) is 0 Å². The molecular formula is C14H30N2O2. The molecule has 0 radical (unpaired) electrons. The van der Waals surface area contributed by atoms with Crippen molar-refractivity contribution in [3.8, 4) is 0 Å². The summed E-state index contributed by atoms with van der Waals surface area (Å²) in [4.78, 5) is 12.0. The van der Waals surface area contributed by atoms with Crippen LogP contribution in [0.1, 0.15) is 55.4 Å². The number of carbonyl (C=O) groups excluding carboxylic acids is 1. The standard InChI is InChI=1S/C14H30N2O2/c1-10(2)12(3,4)18-11(17)16-14(7,8)13(5,6)15-9/h10,15H,1-9H3,(H,16,17). The molecule has 0 aromatic heterocycles. The Balaban J connectivity index is 4.69. The van der Waals surface area contributed by atoms with Gasteiger partial charge in [0, 0.05) is 5.54 Å². The topological polar surface area (TPSA) is 50.4 Å². The van der Waals surface area contributed by atoms with E-state index < -0.39 is 11.1 Å². The summed E-state index contributed by atoms with van der Waals surface area (Å²) >= 11 is 0. The predicted octanol–water partition coefficient (Wildman–Crippen LogP) is 2.92. The van der Waals surface area contributed by atoms with Crippen molar-refractivity contribution in [2.75, 3.05) is 7.05 Å². The lowest BCUT2D eigenvalue weighted by atomic mass is 9.83. The van der Waals surface area contributed by atoms with E-state index in [1.807, 2.05) is 62.4 Å². The summed E-state index contributed by atoms with van der Waals surface area (Å²) in [5, 5.41) is 6.14. The second-order valence-electron chi connectivity index (χ2n) is 6.77. The average Bonchev–Trinajstić information content (AvgIpc) is 2.14. The number of amides is 1. The van der Waals surface area contributed by atoms with Crippen LogP contribution in [0.5, 0.6) is 0 Å². The third-order valence-electron chi connectivity index (χ3n) is 4.35. The molecular weight excluding hydrogens is 228 g/mol. The molecule has 0 aromatic rings. The van der Waals surface area contributed by atoms with E-state index in [1.54, 1.807) is 0 Å². The summed E-state index contributed by atoms with van der Waals surface area (Å²) in [5.74, 6) is 0.267. The van der Waals surface area contributed by atoms with E-state index in [4.69, 9.17) is 4.74 Å². The number of alkyl carbamates (subject to hydrolysis) is 1. The van der Waals surface area contributed by atoms with Gasteiger partial charge in [-0.15, -0.1) is 0 Å². The Morgan fingerprint density at radius 1 is 1.00 bits per heavy atom. The maximum atomic E-state index is 12.0. The van der Waals surface area contributed by atoms with Gasteiger partial charge >= 0.3 is 6.09 Å². The first-order chi connectivity index (χ1) is 7.85. The summed E-state index contributed by atoms with van der Waals surface area (Å²) in [6.45, 7) is 16.0. The summed E-state index contributed by atoms with van der Waals surface area (Å²) in [7, 11) is 1.88. The third kappa shape index (κ3) is 4.16. The molecule has 0 unspecified atom stereocenters. The van der Waals surface area contributed by atoms with Crippen molar-refractivity contribution in [2.45, 2.75) is 72.1 Å². The lowest BCUT2D eigenvalue weighted by Gasteiger charge is -2.42. The average molecular weight is 258 g/mol. The van der Waals surface area contributed by atoms with Crippen molar-refractivity contribution < 1.29 is 9.53 Å². The molecule has 0 aromatic carbocycles. The van der Waals surface area contributed by atoms with Crippen molar-refractivity contribution in [1.29, 1.82) is 0 Å². The first kappa shape index (κ1) is 17.2. The van der Waals surface area contributed by atoms with E-state index in [9.17, 15) is 4.79 Å². The van der Waals surface area contributed by atoms with Gasteiger partial charge in [0.1, 0.15) is 5.60 Å². The molecule has 0 rings (SSSR count). The van der Waals surface area contributed by atoms with Gasteiger partial charge in [-0.25, -0.2) is 4.79 Å². The normalized spacial score (nSPS) is 13.7. The minimum Gasteiger partial charge on any atom is -0.443 e. The highest BCUT2D eigenvalue weighted by Gasteiger charge is 2.38. The van der Waals surface area contributed by atoms with Gasteiger partial charge in [-0.1, -0.05) is 13.8 Å². The zero-order valence-corrected chi connectivity index (χ0v) is 13.4. The largest absolute Gasteiger partial charge is 0.443 e. The van der Waals surface area contributed by atoms with Gasteiger partial charge in [-0.3, -0.25) is 0 Å². The Labute approximate surface area is 112 Å². The van der Waals surface area contributed by atoms with Gasteiger partial charge in [0.05, 0.1) is 5.54 Å². The molecule has 0 spiro atoms. The molecule has 1 amide bonds. The van der Waals surface area contributed by atoms with Crippen LogP contribution in [0, 0.1) is 5.92 Å². The number of rotatable bonds is 5. The van der Waals surface area contributed by atoms with Crippen LogP contribution in [0.3, 0.4) is 0 Å². The number of nitrogens with one attached hydrogen (secondary N) is 2. The lowest BCUT2D eigenvalue weighted by Crippen LogP contribution is -2.64. The monoisotopic (exact) mass is 258 g/mol. The lowest BCUT2D eigenvalue weighted by molar-refractivity contribution is -0.00155. The molecule has 4 heteroatoms. The van der Waals surface area contributed by atoms with Crippen LogP contribution in [-0.2, 0) is 4.74 Å². The first-order valence-corrected chi connectivity index (χ1v) is 6.56. The van der Waals surface area contributed by atoms with Crippen LogP contribution in [0.4, 0.5) is 4.79 Å². The maximum absolute atomic E-state index is 12.0. The Hall–Kier alpha value is -0.770. The third-order valence-corrected chi connectivity index (χ3v) is 4.35. The molecule has 0 saturated carbocycles. The molecule has 0 aliphatic carbocycles. The van der Waals surface area contributed by atoms with Gasteiger partial charge in [-0.05, 0) is 54.5 Å². The van der Waals surface area contributed by atoms with Gasteiger partial charge in [0.15, 0.2) is 0 Å².